The van der Waals surface area contributed by atoms with Gasteiger partial charge in [-0.3, -0.25) is 9.59 Å². The van der Waals surface area contributed by atoms with Crippen LogP contribution in [0.3, 0.4) is 0 Å². The number of nitrogens with two attached hydrogens (primary N) is 1. The van der Waals surface area contributed by atoms with E-state index in [0.29, 0.717) is 5.69 Å². The van der Waals surface area contributed by atoms with E-state index >= 15 is 0 Å². The molecule has 1 aromatic carbocycles. The largest absolute Gasteiger partial charge is 0.364 e. The summed E-state index contributed by atoms with van der Waals surface area (Å²) < 4.78 is 1.35. The summed E-state index contributed by atoms with van der Waals surface area (Å²) in [6, 6.07) is 5.79. The van der Waals surface area contributed by atoms with Crippen molar-refractivity contribution in [2.45, 2.75) is 27.3 Å². The predicted molar refractivity (Wildman–Crippen MR) is 77.8 cm³/mol. The van der Waals surface area contributed by atoms with Crippen molar-refractivity contribution in [3.05, 3.63) is 40.7 Å². The Morgan fingerprint density at radius 2 is 1.81 bits per heavy atom. The molecule has 3 N–H and O–H groups in total. The van der Waals surface area contributed by atoms with Crippen LogP contribution in [-0.2, 0) is 11.3 Å². The average molecular weight is 287 g/mol. The minimum absolute atomic E-state index is 0.0287. The minimum Gasteiger partial charge on any atom is -0.364 e. The molecule has 1 aromatic heterocycles. The van der Waals surface area contributed by atoms with Crippen molar-refractivity contribution in [1.29, 1.82) is 0 Å². The number of carbonyl (C=O) groups is 2. The zero-order chi connectivity index (χ0) is 15.6. The van der Waals surface area contributed by atoms with Crippen molar-refractivity contribution in [1.82, 2.24) is 15.0 Å². The first-order valence-corrected chi connectivity index (χ1v) is 6.45. The van der Waals surface area contributed by atoms with Gasteiger partial charge < -0.3 is 11.1 Å². The first kappa shape index (κ1) is 14.7. The fourth-order valence-electron chi connectivity index (χ4n) is 2.12. The Morgan fingerprint density at radius 3 is 2.33 bits per heavy atom. The number of hydrogen-bond donors (Lipinski definition) is 2. The maximum absolute atomic E-state index is 12.0. The number of nitrogens with one attached hydrogen (secondary N) is 1. The number of aromatic nitrogens is 3. The van der Waals surface area contributed by atoms with E-state index < -0.39 is 5.91 Å². The summed E-state index contributed by atoms with van der Waals surface area (Å²) in [7, 11) is 0. The number of primary amides is 1. The Balaban J connectivity index is 2.10. The number of aryl methyl sites for hydroxylation is 2. The second kappa shape index (κ2) is 5.74. The number of nitrogens with zero attached hydrogens (tertiary/aromatic N) is 3. The number of rotatable bonds is 4. The van der Waals surface area contributed by atoms with Gasteiger partial charge in [-0.15, -0.1) is 5.10 Å². The van der Waals surface area contributed by atoms with Crippen molar-refractivity contribution in [3.8, 4) is 0 Å². The molecule has 2 rings (SSSR count). The third-order valence-electron chi connectivity index (χ3n) is 3.01. The molecule has 0 saturated heterocycles. The number of carbonyl (C=O) groups excluding carboxylic acids is 2. The second-order valence-electron chi connectivity index (χ2n) is 4.97. The van der Waals surface area contributed by atoms with Crippen LogP contribution in [0.4, 0.5) is 5.69 Å². The first-order valence-electron chi connectivity index (χ1n) is 6.45. The Hall–Kier alpha value is -2.70. The average Bonchev–Trinajstić information content (AvgIpc) is 2.69. The highest BCUT2D eigenvalue weighted by Crippen LogP contribution is 2.14. The number of amides is 2. The molecule has 0 unspecified atom stereocenters. The maximum atomic E-state index is 12.0. The third-order valence-corrected chi connectivity index (χ3v) is 3.01. The van der Waals surface area contributed by atoms with Gasteiger partial charge in [0, 0.05) is 5.69 Å². The molecule has 0 aliphatic carbocycles. The highest BCUT2D eigenvalue weighted by molar-refractivity contribution is 5.92. The lowest BCUT2D eigenvalue weighted by molar-refractivity contribution is -0.117. The van der Waals surface area contributed by atoms with Crippen LogP contribution in [0.15, 0.2) is 18.2 Å². The van der Waals surface area contributed by atoms with Gasteiger partial charge in [-0.1, -0.05) is 11.3 Å². The van der Waals surface area contributed by atoms with Crippen LogP contribution in [0, 0.1) is 20.8 Å². The summed E-state index contributed by atoms with van der Waals surface area (Å²) in [6.45, 7) is 5.54. The molecule has 0 aliphatic heterocycles. The lowest BCUT2D eigenvalue weighted by Gasteiger charge is -2.08. The predicted octanol–water partition coefficient (Wildman–Crippen LogP) is 0.941. The Morgan fingerprint density at radius 1 is 1.19 bits per heavy atom. The molecule has 0 aliphatic rings. The van der Waals surface area contributed by atoms with Gasteiger partial charge in [-0.05, 0) is 44.0 Å². The first-order chi connectivity index (χ1) is 9.86. The zero-order valence-corrected chi connectivity index (χ0v) is 12.2. The normalized spacial score (nSPS) is 10.4. The van der Waals surface area contributed by atoms with Crippen LogP contribution in [0.2, 0.25) is 0 Å². The van der Waals surface area contributed by atoms with E-state index in [0.717, 1.165) is 16.8 Å². The summed E-state index contributed by atoms with van der Waals surface area (Å²) in [5.41, 5.74) is 8.57. The Labute approximate surface area is 122 Å². The van der Waals surface area contributed by atoms with Crippen molar-refractivity contribution in [2.75, 3.05) is 5.32 Å². The van der Waals surface area contributed by atoms with E-state index in [1.165, 1.54) is 4.68 Å². The van der Waals surface area contributed by atoms with Crippen molar-refractivity contribution in [3.63, 3.8) is 0 Å². The maximum Gasteiger partial charge on any atom is 0.271 e. The molecule has 0 fully saturated rings. The molecule has 21 heavy (non-hydrogen) atoms. The van der Waals surface area contributed by atoms with E-state index in [4.69, 9.17) is 5.73 Å². The summed E-state index contributed by atoms with van der Waals surface area (Å²) in [4.78, 5) is 23.1. The van der Waals surface area contributed by atoms with Crippen molar-refractivity contribution in [2.24, 2.45) is 5.73 Å². The fourth-order valence-corrected chi connectivity index (χ4v) is 2.12. The van der Waals surface area contributed by atoms with Crippen LogP contribution in [-0.4, -0.2) is 26.8 Å². The molecule has 0 radical (unpaired) electrons. The smallest absolute Gasteiger partial charge is 0.271 e. The number of benzene rings is 1. The van der Waals surface area contributed by atoms with Crippen LogP contribution in [0.5, 0.6) is 0 Å². The van der Waals surface area contributed by atoms with E-state index in [-0.39, 0.29) is 18.1 Å². The molecule has 0 spiro atoms. The van der Waals surface area contributed by atoms with Gasteiger partial charge in [0.15, 0.2) is 5.69 Å². The van der Waals surface area contributed by atoms with Crippen molar-refractivity contribution < 1.29 is 9.59 Å². The highest BCUT2D eigenvalue weighted by Gasteiger charge is 2.15. The zero-order valence-electron chi connectivity index (χ0n) is 12.2. The van der Waals surface area contributed by atoms with Gasteiger partial charge in [0.1, 0.15) is 6.54 Å². The highest BCUT2D eigenvalue weighted by atomic mass is 16.2. The molecule has 7 heteroatoms. The van der Waals surface area contributed by atoms with Gasteiger partial charge in [0.25, 0.3) is 5.91 Å². The van der Waals surface area contributed by atoms with Crippen molar-refractivity contribution >= 4 is 17.5 Å². The molecule has 0 bridgehead atoms. The number of hydrogen-bond acceptors (Lipinski definition) is 4. The third kappa shape index (κ3) is 3.44. The SMILES string of the molecule is Cc1cc(C)cc(NC(=O)Cn2nnc(C(N)=O)c2C)c1. The van der Waals surface area contributed by atoms with Gasteiger partial charge in [0.2, 0.25) is 5.91 Å². The van der Waals surface area contributed by atoms with Gasteiger partial charge in [0.05, 0.1) is 5.69 Å². The molecule has 1 heterocycles. The molecular formula is C14H17N5O2. The summed E-state index contributed by atoms with van der Waals surface area (Å²) >= 11 is 0. The standard InChI is InChI=1S/C14H17N5O2/c1-8-4-9(2)6-11(5-8)16-12(20)7-19-10(3)13(14(15)21)17-18-19/h4-6H,7H2,1-3H3,(H2,15,21)(H,16,20). The molecule has 0 saturated carbocycles. The molecular weight excluding hydrogens is 270 g/mol. The van der Waals surface area contributed by atoms with E-state index in [1.807, 2.05) is 32.0 Å². The van der Waals surface area contributed by atoms with E-state index in [9.17, 15) is 9.59 Å². The topological polar surface area (TPSA) is 103 Å². The van der Waals surface area contributed by atoms with Gasteiger partial charge >= 0.3 is 0 Å². The van der Waals surface area contributed by atoms with Crippen LogP contribution in [0.25, 0.3) is 0 Å². The Kier molecular flexibility index (Phi) is 4.02. The summed E-state index contributed by atoms with van der Waals surface area (Å²) in [5, 5.41) is 10.2. The minimum atomic E-state index is -0.659. The van der Waals surface area contributed by atoms with Crippen LogP contribution >= 0.6 is 0 Å². The molecule has 110 valence electrons. The lowest BCUT2D eigenvalue weighted by atomic mass is 10.1. The molecule has 2 amide bonds. The quantitative estimate of drug-likeness (QED) is 0.873. The Bertz CT molecular complexity index is 685. The summed E-state index contributed by atoms with van der Waals surface area (Å²) in [5.74, 6) is -0.905. The van der Waals surface area contributed by atoms with Crippen LogP contribution in [0.1, 0.15) is 27.3 Å². The summed E-state index contributed by atoms with van der Waals surface area (Å²) in [6.07, 6.45) is 0. The van der Waals surface area contributed by atoms with Crippen LogP contribution < -0.4 is 11.1 Å². The second-order valence-corrected chi connectivity index (χ2v) is 4.97. The monoisotopic (exact) mass is 287 g/mol. The molecule has 2 aromatic rings. The molecule has 0 atom stereocenters. The van der Waals surface area contributed by atoms with E-state index in [1.54, 1.807) is 6.92 Å². The lowest BCUT2D eigenvalue weighted by Crippen LogP contribution is -2.21. The molecule has 7 nitrogen and oxygen atoms in total. The van der Waals surface area contributed by atoms with Gasteiger partial charge in [-0.2, -0.15) is 0 Å². The van der Waals surface area contributed by atoms with E-state index in [2.05, 4.69) is 15.6 Å². The van der Waals surface area contributed by atoms with Gasteiger partial charge in [-0.25, -0.2) is 4.68 Å². The fraction of sp³-hybridized carbons (Fsp3) is 0.286. The number of anilines is 1.